The Labute approximate surface area is 135 Å². The summed E-state index contributed by atoms with van der Waals surface area (Å²) in [4.78, 5) is 14.5. The third-order valence-electron chi connectivity index (χ3n) is 4.05. The fourth-order valence-corrected chi connectivity index (χ4v) is 3.22. The van der Waals surface area contributed by atoms with Gasteiger partial charge in [0, 0.05) is 23.7 Å². The minimum Gasteiger partial charge on any atom is -0.375 e. The lowest BCUT2D eigenvalue weighted by Gasteiger charge is -2.22. The van der Waals surface area contributed by atoms with Crippen LogP contribution < -0.4 is 4.90 Å². The molecule has 116 valence electrons. The summed E-state index contributed by atoms with van der Waals surface area (Å²) in [6.07, 6.45) is 1.94. The molecule has 0 aromatic heterocycles. The van der Waals surface area contributed by atoms with Crippen LogP contribution in [0.1, 0.15) is 31.9 Å². The molecule has 0 spiro atoms. The van der Waals surface area contributed by atoms with Gasteiger partial charge in [-0.3, -0.25) is 4.79 Å². The number of anilines is 1. The lowest BCUT2D eigenvalue weighted by molar-refractivity contribution is -0.122. The summed E-state index contributed by atoms with van der Waals surface area (Å²) in [6.45, 7) is 6.68. The molecule has 1 aliphatic heterocycles. The van der Waals surface area contributed by atoms with Gasteiger partial charge in [0.1, 0.15) is 6.61 Å². The van der Waals surface area contributed by atoms with Crippen molar-refractivity contribution in [3.8, 4) is 0 Å². The highest BCUT2D eigenvalue weighted by Crippen LogP contribution is 2.33. The summed E-state index contributed by atoms with van der Waals surface area (Å²) in [7, 11) is 1.56. The topological polar surface area (TPSA) is 29.5 Å². The van der Waals surface area contributed by atoms with Gasteiger partial charge in [0.15, 0.2) is 0 Å². The van der Waals surface area contributed by atoms with Crippen LogP contribution in [0.4, 0.5) is 5.69 Å². The predicted octanol–water partition coefficient (Wildman–Crippen LogP) is 3.57. The largest absolute Gasteiger partial charge is 0.375 e. The van der Waals surface area contributed by atoms with Crippen LogP contribution in [-0.2, 0) is 22.4 Å². The van der Waals surface area contributed by atoms with Gasteiger partial charge in [-0.05, 0) is 42.9 Å². The van der Waals surface area contributed by atoms with E-state index in [9.17, 15) is 4.79 Å². The van der Waals surface area contributed by atoms with E-state index in [-0.39, 0.29) is 18.6 Å². The van der Waals surface area contributed by atoms with E-state index in [1.807, 2.05) is 4.90 Å². The number of carbonyl (C=O) groups is 1. The lowest BCUT2D eigenvalue weighted by atomic mass is 9.99. The van der Waals surface area contributed by atoms with E-state index in [0.717, 1.165) is 18.5 Å². The quantitative estimate of drug-likeness (QED) is 0.757. The summed E-state index contributed by atoms with van der Waals surface area (Å²) < 4.78 is 4.98. The molecule has 0 radical (unpaired) electrons. The minimum absolute atomic E-state index is 0.0389. The van der Waals surface area contributed by atoms with Crippen LogP contribution in [0.2, 0.25) is 0 Å². The molecular weight excluding hydrogens is 330 g/mol. The van der Waals surface area contributed by atoms with Crippen molar-refractivity contribution < 1.29 is 9.53 Å². The monoisotopic (exact) mass is 353 g/mol. The number of rotatable bonds is 5. The third kappa shape index (κ3) is 3.67. The van der Waals surface area contributed by atoms with Crippen molar-refractivity contribution in [2.75, 3.05) is 18.6 Å². The van der Waals surface area contributed by atoms with Crippen LogP contribution in [0.3, 0.4) is 0 Å². The molecule has 0 saturated heterocycles. The predicted molar refractivity (Wildman–Crippen MR) is 90.2 cm³/mol. The summed E-state index contributed by atoms with van der Waals surface area (Å²) >= 11 is 3.75. The van der Waals surface area contributed by atoms with Crippen molar-refractivity contribution in [3.63, 3.8) is 0 Å². The highest BCUT2D eigenvalue weighted by Gasteiger charge is 2.30. The number of alkyl halides is 1. The highest BCUT2D eigenvalue weighted by molar-refractivity contribution is 9.09. The number of amides is 1. The van der Waals surface area contributed by atoms with Gasteiger partial charge in [0.25, 0.3) is 5.91 Å². The van der Waals surface area contributed by atoms with Crippen LogP contribution in [-0.4, -0.2) is 30.5 Å². The van der Waals surface area contributed by atoms with E-state index in [0.29, 0.717) is 10.7 Å². The van der Waals surface area contributed by atoms with Crippen molar-refractivity contribution in [2.24, 2.45) is 5.92 Å². The average Bonchev–Trinajstić information content (AvgIpc) is 2.73. The second kappa shape index (κ2) is 6.93. The molecule has 21 heavy (non-hydrogen) atoms. The molecule has 3 nitrogen and oxygen atoms in total. The first-order valence-corrected chi connectivity index (χ1v) is 8.42. The van der Waals surface area contributed by atoms with Gasteiger partial charge in [0.2, 0.25) is 0 Å². The Morgan fingerprint density at radius 2 is 2.19 bits per heavy atom. The van der Waals surface area contributed by atoms with Gasteiger partial charge in [-0.15, -0.1) is 0 Å². The molecule has 1 aromatic carbocycles. The summed E-state index contributed by atoms with van der Waals surface area (Å²) in [5.41, 5.74) is 3.65. The van der Waals surface area contributed by atoms with E-state index in [1.165, 1.54) is 11.1 Å². The van der Waals surface area contributed by atoms with Gasteiger partial charge >= 0.3 is 0 Å². The van der Waals surface area contributed by atoms with Crippen LogP contribution in [0.15, 0.2) is 18.2 Å². The van der Waals surface area contributed by atoms with Crippen molar-refractivity contribution in [1.29, 1.82) is 0 Å². The Morgan fingerprint density at radius 3 is 2.81 bits per heavy atom. The number of halogens is 1. The molecular formula is C17H24BrNO2. The number of benzene rings is 1. The number of carbonyl (C=O) groups excluding carboxylic acids is 1. The Hall–Kier alpha value is -0.870. The van der Waals surface area contributed by atoms with Crippen molar-refractivity contribution in [3.05, 3.63) is 29.3 Å². The van der Waals surface area contributed by atoms with Crippen molar-refractivity contribution in [2.45, 2.75) is 44.5 Å². The summed E-state index contributed by atoms with van der Waals surface area (Å²) in [5.74, 6) is 0.647. The number of methoxy groups -OCH3 is 1. The molecule has 0 fully saturated rings. The maximum atomic E-state index is 12.2. The zero-order valence-electron chi connectivity index (χ0n) is 13.2. The van der Waals surface area contributed by atoms with E-state index in [4.69, 9.17) is 4.74 Å². The van der Waals surface area contributed by atoms with Gasteiger partial charge in [0.05, 0.1) is 0 Å². The van der Waals surface area contributed by atoms with Crippen molar-refractivity contribution in [1.82, 2.24) is 0 Å². The Bertz CT molecular complexity index is 516. The van der Waals surface area contributed by atoms with Crippen LogP contribution in [0.25, 0.3) is 0 Å². The first-order chi connectivity index (χ1) is 9.93. The lowest BCUT2D eigenvalue weighted by Crippen LogP contribution is -2.38. The van der Waals surface area contributed by atoms with Gasteiger partial charge in [-0.25, -0.2) is 0 Å². The maximum absolute atomic E-state index is 12.2. The van der Waals surface area contributed by atoms with E-state index in [2.05, 4.69) is 54.9 Å². The van der Waals surface area contributed by atoms with E-state index >= 15 is 0 Å². The molecule has 0 N–H and O–H groups in total. The molecule has 1 amide bonds. The van der Waals surface area contributed by atoms with Gasteiger partial charge < -0.3 is 9.64 Å². The SMILES string of the molecule is COCC(=O)N1c2ccc(CC(Br)C(C)C)cc2CC1C. The fourth-order valence-electron chi connectivity index (χ4n) is 2.85. The maximum Gasteiger partial charge on any atom is 0.253 e. The minimum atomic E-state index is 0.0389. The smallest absolute Gasteiger partial charge is 0.253 e. The molecule has 2 unspecified atom stereocenters. The number of hydrogen-bond donors (Lipinski definition) is 0. The molecule has 1 aromatic rings. The van der Waals surface area contributed by atoms with Crippen LogP contribution in [0.5, 0.6) is 0 Å². The molecule has 0 aliphatic carbocycles. The van der Waals surface area contributed by atoms with Gasteiger partial charge in [-0.2, -0.15) is 0 Å². The fraction of sp³-hybridized carbons (Fsp3) is 0.588. The normalized spacial score (nSPS) is 19.0. The molecule has 2 rings (SSSR count). The molecule has 4 heteroatoms. The Morgan fingerprint density at radius 1 is 1.48 bits per heavy atom. The average molecular weight is 354 g/mol. The molecule has 0 saturated carbocycles. The second-order valence-electron chi connectivity index (χ2n) is 6.18. The van der Waals surface area contributed by atoms with Gasteiger partial charge in [-0.1, -0.05) is 41.9 Å². The molecule has 1 heterocycles. The number of hydrogen-bond acceptors (Lipinski definition) is 2. The first kappa shape index (κ1) is 16.5. The zero-order valence-corrected chi connectivity index (χ0v) is 14.8. The molecule has 2 atom stereocenters. The van der Waals surface area contributed by atoms with E-state index in [1.54, 1.807) is 7.11 Å². The van der Waals surface area contributed by atoms with Crippen LogP contribution >= 0.6 is 15.9 Å². The third-order valence-corrected chi connectivity index (χ3v) is 5.43. The second-order valence-corrected chi connectivity index (χ2v) is 7.35. The standard InChI is InChI=1S/C17H24BrNO2/c1-11(2)15(18)9-13-5-6-16-14(8-13)7-12(3)19(16)17(20)10-21-4/h5-6,8,11-12,15H,7,9-10H2,1-4H3. The molecule has 1 aliphatic rings. The first-order valence-electron chi connectivity index (χ1n) is 7.51. The number of ether oxygens (including phenoxy) is 1. The summed E-state index contributed by atoms with van der Waals surface area (Å²) in [5, 5.41) is 0. The number of nitrogens with zero attached hydrogens (tertiary/aromatic N) is 1. The zero-order chi connectivity index (χ0) is 15.6. The highest BCUT2D eigenvalue weighted by atomic mass is 79.9. The number of fused-ring (bicyclic) bond motifs is 1. The Balaban J connectivity index is 2.19. The van der Waals surface area contributed by atoms with E-state index < -0.39 is 0 Å². The van der Waals surface area contributed by atoms with Crippen LogP contribution in [0, 0.1) is 5.92 Å². The summed E-state index contributed by atoms with van der Waals surface area (Å²) in [6, 6.07) is 6.69. The molecule has 0 bridgehead atoms. The van der Waals surface area contributed by atoms with Crippen molar-refractivity contribution >= 4 is 27.5 Å². The Kier molecular flexibility index (Phi) is 5.44.